The number of nitrogens with zero attached hydrogens (tertiary/aromatic N) is 2. The maximum atomic E-state index is 11.1. The Bertz CT molecular complexity index is 417. The van der Waals surface area contributed by atoms with Crippen molar-refractivity contribution in [2.75, 3.05) is 6.54 Å². The predicted molar refractivity (Wildman–Crippen MR) is 69.1 cm³/mol. The molecule has 1 aromatic heterocycles. The fraction of sp³-hybridized carbons (Fsp3) is 0.571. The van der Waals surface area contributed by atoms with Gasteiger partial charge >= 0.3 is 5.97 Å². The average molecular weight is 248 g/mol. The third kappa shape index (κ3) is 2.88. The molecule has 4 heteroatoms. The molecule has 98 valence electrons. The van der Waals surface area contributed by atoms with E-state index in [0.717, 1.165) is 19.5 Å². The number of rotatable bonds is 3. The highest BCUT2D eigenvalue weighted by atomic mass is 16.4. The maximum Gasteiger partial charge on any atom is 0.306 e. The van der Waals surface area contributed by atoms with Crippen LogP contribution in [0.3, 0.4) is 0 Å². The van der Waals surface area contributed by atoms with E-state index in [0.29, 0.717) is 6.42 Å². The van der Waals surface area contributed by atoms with Crippen LogP contribution in [0.5, 0.6) is 0 Å². The van der Waals surface area contributed by atoms with Crippen molar-refractivity contribution in [1.29, 1.82) is 0 Å². The summed E-state index contributed by atoms with van der Waals surface area (Å²) >= 11 is 0. The van der Waals surface area contributed by atoms with Crippen LogP contribution in [0.1, 0.15) is 32.3 Å². The fourth-order valence-corrected chi connectivity index (χ4v) is 2.66. The number of hydrogen-bond acceptors (Lipinski definition) is 3. The molecule has 1 unspecified atom stereocenters. The summed E-state index contributed by atoms with van der Waals surface area (Å²) in [5, 5.41) is 9.12. The van der Waals surface area contributed by atoms with Gasteiger partial charge in [-0.25, -0.2) is 0 Å². The summed E-state index contributed by atoms with van der Waals surface area (Å²) < 4.78 is 0. The normalized spacial score (nSPS) is 23.8. The van der Waals surface area contributed by atoms with Crippen LogP contribution in [-0.2, 0) is 11.3 Å². The monoisotopic (exact) mass is 248 g/mol. The lowest BCUT2D eigenvalue weighted by atomic mass is 9.82. The lowest BCUT2D eigenvalue weighted by molar-refractivity contribution is -0.145. The van der Waals surface area contributed by atoms with Crippen molar-refractivity contribution in [2.24, 2.45) is 5.92 Å². The van der Waals surface area contributed by atoms with Gasteiger partial charge in [0.1, 0.15) is 0 Å². The number of carbonyl (C=O) groups is 1. The van der Waals surface area contributed by atoms with Crippen LogP contribution in [0.2, 0.25) is 0 Å². The van der Waals surface area contributed by atoms with Crippen LogP contribution in [0.4, 0.5) is 0 Å². The van der Waals surface area contributed by atoms with E-state index in [1.54, 1.807) is 6.20 Å². The minimum absolute atomic E-state index is 0.0723. The molecular formula is C14H20N2O2. The molecule has 1 N–H and O–H groups in total. The molecule has 18 heavy (non-hydrogen) atoms. The predicted octanol–water partition coefficient (Wildman–Crippen LogP) is 2.16. The number of hydrogen-bond donors (Lipinski definition) is 1. The Morgan fingerprint density at radius 3 is 2.94 bits per heavy atom. The van der Waals surface area contributed by atoms with Gasteiger partial charge in [-0.2, -0.15) is 0 Å². The first-order chi connectivity index (χ1) is 8.49. The van der Waals surface area contributed by atoms with Crippen molar-refractivity contribution in [3.8, 4) is 0 Å². The Hall–Kier alpha value is -1.42. The molecule has 0 radical (unpaired) electrons. The Labute approximate surface area is 108 Å². The van der Waals surface area contributed by atoms with Crippen LogP contribution in [0.15, 0.2) is 24.5 Å². The second kappa shape index (κ2) is 5.06. The lowest BCUT2D eigenvalue weighted by Gasteiger charge is -2.44. The van der Waals surface area contributed by atoms with Crippen LogP contribution >= 0.6 is 0 Å². The van der Waals surface area contributed by atoms with Gasteiger partial charge in [-0.05, 0) is 44.9 Å². The number of likely N-dealkylation sites (tertiary alicyclic amines) is 1. The summed E-state index contributed by atoms with van der Waals surface area (Å²) in [7, 11) is 0. The first-order valence-corrected chi connectivity index (χ1v) is 6.36. The van der Waals surface area contributed by atoms with Gasteiger partial charge in [-0.15, -0.1) is 0 Å². The summed E-state index contributed by atoms with van der Waals surface area (Å²) in [6, 6.07) is 4.00. The van der Waals surface area contributed by atoms with E-state index in [-0.39, 0.29) is 11.5 Å². The molecule has 0 aliphatic carbocycles. The van der Waals surface area contributed by atoms with Gasteiger partial charge in [-0.1, -0.05) is 6.07 Å². The van der Waals surface area contributed by atoms with Crippen LogP contribution < -0.4 is 0 Å². The average Bonchev–Trinajstić information content (AvgIpc) is 2.32. The number of carboxylic acid groups (broad SMARTS) is 1. The third-order valence-electron chi connectivity index (χ3n) is 3.79. The molecule has 0 amide bonds. The zero-order valence-electron chi connectivity index (χ0n) is 11.0. The van der Waals surface area contributed by atoms with Crippen LogP contribution in [0.25, 0.3) is 0 Å². The van der Waals surface area contributed by atoms with Crippen molar-refractivity contribution in [3.63, 3.8) is 0 Å². The molecule has 0 spiro atoms. The molecule has 4 nitrogen and oxygen atoms in total. The Morgan fingerprint density at radius 2 is 2.39 bits per heavy atom. The molecule has 0 bridgehead atoms. The molecule has 1 atom stereocenters. The molecule has 0 aromatic carbocycles. The number of carboxylic acids is 1. The molecule has 0 saturated carbocycles. The molecule has 1 aromatic rings. The number of pyridine rings is 1. The van der Waals surface area contributed by atoms with Gasteiger partial charge in [0.25, 0.3) is 0 Å². The van der Waals surface area contributed by atoms with Gasteiger partial charge in [-0.3, -0.25) is 14.7 Å². The molecule has 2 rings (SSSR count). The summed E-state index contributed by atoms with van der Waals surface area (Å²) in [6.07, 6.45) is 5.09. The number of aromatic nitrogens is 1. The Kier molecular flexibility index (Phi) is 3.66. The fourth-order valence-electron chi connectivity index (χ4n) is 2.66. The van der Waals surface area contributed by atoms with Gasteiger partial charge in [0.15, 0.2) is 0 Å². The van der Waals surface area contributed by atoms with Gasteiger partial charge < -0.3 is 5.11 Å². The van der Waals surface area contributed by atoms with Gasteiger partial charge in [0, 0.05) is 24.5 Å². The summed E-state index contributed by atoms with van der Waals surface area (Å²) in [5.74, 6) is -0.866. The van der Waals surface area contributed by atoms with Crippen molar-refractivity contribution >= 4 is 5.97 Å². The zero-order chi connectivity index (χ0) is 13.2. The van der Waals surface area contributed by atoms with E-state index in [1.807, 2.05) is 12.3 Å². The molecule has 2 heterocycles. The first-order valence-electron chi connectivity index (χ1n) is 6.36. The second-order valence-electron chi connectivity index (χ2n) is 5.62. The molecule has 1 aliphatic rings. The van der Waals surface area contributed by atoms with E-state index < -0.39 is 5.97 Å². The highest BCUT2D eigenvalue weighted by Crippen LogP contribution is 2.32. The summed E-state index contributed by atoms with van der Waals surface area (Å²) in [5.41, 5.74) is 1.11. The topological polar surface area (TPSA) is 53.4 Å². The van der Waals surface area contributed by atoms with E-state index in [9.17, 15) is 4.79 Å². The minimum atomic E-state index is -0.663. The zero-order valence-corrected chi connectivity index (χ0v) is 11.0. The van der Waals surface area contributed by atoms with Crippen LogP contribution in [0, 0.1) is 5.92 Å². The van der Waals surface area contributed by atoms with E-state index in [1.165, 1.54) is 5.56 Å². The van der Waals surface area contributed by atoms with E-state index in [4.69, 9.17) is 5.11 Å². The second-order valence-corrected chi connectivity index (χ2v) is 5.62. The number of piperidine rings is 1. The Morgan fingerprint density at radius 1 is 1.61 bits per heavy atom. The third-order valence-corrected chi connectivity index (χ3v) is 3.79. The van der Waals surface area contributed by atoms with Gasteiger partial charge in [0.05, 0.1) is 5.92 Å². The van der Waals surface area contributed by atoms with E-state index in [2.05, 4.69) is 29.8 Å². The molecular weight excluding hydrogens is 228 g/mol. The quantitative estimate of drug-likeness (QED) is 0.890. The van der Waals surface area contributed by atoms with Crippen molar-refractivity contribution < 1.29 is 9.90 Å². The first kappa shape index (κ1) is 13.0. The lowest BCUT2D eigenvalue weighted by Crippen LogP contribution is -2.50. The summed E-state index contributed by atoms with van der Waals surface area (Å²) in [6.45, 7) is 5.92. The highest BCUT2D eigenvalue weighted by Gasteiger charge is 2.37. The minimum Gasteiger partial charge on any atom is -0.481 e. The van der Waals surface area contributed by atoms with E-state index >= 15 is 0 Å². The largest absolute Gasteiger partial charge is 0.481 e. The standard InChI is InChI=1S/C14H20N2O2/c1-14(2)8-12(13(17)18)5-7-16(14)10-11-4-3-6-15-9-11/h3-4,6,9,12H,5,7-8,10H2,1-2H3,(H,17,18). The van der Waals surface area contributed by atoms with Crippen molar-refractivity contribution in [2.45, 2.75) is 38.8 Å². The highest BCUT2D eigenvalue weighted by molar-refractivity contribution is 5.70. The Balaban J connectivity index is 2.05. The van der Waals surface area contributed by atoms with Crippen molar-refractivity contribution in [3.05, 3.63) is 30.1 Å². The smallest absolute Gasteiger partial charge is 0.306 e. The SMILES string of the molecule is CC1(C)CC(C(=O)O)CCN1Cc1cccnc1. The number of aliphatic carboxylic acids is 1. The van der Waals surface area contributed by atoms with Crippen molar-refractivity contribution in [1.82, 2.24) is 9.88 Å². The molecule has 1 aliphatic heterocycles. The molecule has 1 fully saturated rings. The maximum absolute atomic E-state index is 11.1. The summed E-state index contributed by atoms with van der Waals surface area (Å²) in [4.78, 5) is 17.5. The molecule has 1 saturated heterocycles. The van der Waals surface area contributed by atoms with Gasteiger partial charge in [0.2, 0.25) is 0 Å². The van der Waals surface area contributed by atoms with Crippen LogP contribution in [-0.4, -0.2) is 33.0 Å².